The molecule has 2 nitrogen and oxygen atoms in total. The molecule has 2 aliphatic carbocycles. The summed E-state index contributed by atoms with van der Waals surface area (Å²) in [4.78, 5) is 0. The Morgan fingerprint density at radius 1 is 0.500 bits per heavy atom. The molecule has 0 radical (unpaired) electrons. The highest BCUT2D eigenvalue weighted by atomic mass is 15.0. The van der Waals surface area contributed by atoms with E-state index < -0.39 is 0 Å². The molecule has 30 heavy (non-hydrogen) atoms. The van der Waals surface area contributed by atoms with Crippen LogP contribution in [0.4, 0.5) is 0 Å². The van der Waals surface area contributed by atoms with E-state index in [-0.39, 0.29) is 0 Å². The Balaban J connectivity index is 1.99. The summed E-state index contributed by atoms with van der Waals surface area (Å²) < 4.78 is 0. The fourth-order valence-electron chi connectivity index (χ4n) is 7.10. The van der Waals surface area contributed by atoms with E-state index in [0.29, 0.717) is 12.1 Å². The zero-order valence-corrected chi connectivity index (χ0v) is 22.2. The molecule has 4 atom stereocenters. The summed E-state index contributed by atoms with van der Waals surface area (Å²) >= 11 is 0. The van der Waals surface area contributed by atoms with E-state index in [4.69, 9.17) is 0 Å². The van der Waals surface area contributed by atoms with Gasteiger partial charge in [-0.15, -0.1) is 0 Å². The Hall–Kier alpha value is -0.0800. The number of nitrogens with one attached hydrogen (secondary N) is 2. The van der Waals surface area contributed by atoms with Gasteiger partial charge in [0.2, 0.25) is 0 Å². The summed E-state index contributed by atoms with van der Waals surface area (Å²) in [6, 6.07) is 1.38. The fraction of sp³-hybridized carbons (Fsp3) is 1.00. The summed E-state index contributed by atoms with van der Waals surface area (Å²) in [5.41, 5.74) is 0. The molecular weight excluding hydrogens is 364 g/mol. The Labute approximate surface area is 190 Å². The lowest BCUT2D eigenvalue weighted by atomic mass is 9.65. The maximum absolute atomic E-state index is 4.08. The van der Waals surface area contributed by atoms with Gasteiger partial charge in [0.25, 0.3) is 0 Å². The van der Waals surface area contributed by atoms with E-state index in [9.17, 15) is 0 Å². The predicted molar refractivity (Wildman–Crippen MR) is 134 cm³/mol. The van der Waals surface area contributed by atoms with Crippen LogP contribution in [0, 0.1) is 59.2 Å². The quantitative estimate of drug-likeness (QED) is 0.398. The molecule has 2 aliphatic rings. The smallest absolute Gasteiger partial charge is 0.0129 e. The van der Waals surface area contributed by atoms with Crippen molar-refractivity contribution in [1.82, 2.24) is 10.6 Å². The molecule has 2 heteroatoms. The molecule has 2 saturated carbocycles. The van der Waals surface area contributed by atoms with Crippen LogP contribution in [-0.4, -0.2) is 25.2 Å². The number of hydrogen-bond donors (Lipinski definition) is 2. The second-order valence-electron chi connectivity index (χ2n) is 12.7. The van der Waals surface area contributed by atoms with Crippen molar-refractivity contribution in [3.63, 3.8) is 0 Å². The monoisotopic (exact) mass is 420 g/mol. The Bertz CT molecular complexity index is 403. The van der Waals surface area contributed by atoms with Gasteiger partial charge in [-0.2, -0.15) is 0 Å². The van der Waals surface area contributed by atoms with E-state index in [2.05, 4.69) is 79.9 Å². The molecule has 0 heterocycles. The third-order valence-corrected chi connectivity index (χ3v) is 8.85. The van der Waals surface area contributed by atoms with E-state index in [1.54, 1.807) is 0 Å². The average Bonchev–Trinajstić information content (AvgIpc) is 2.65. The summed E-state index contributed by atoms with van der Waals surface area (Å²) in [6.07, 6.45) is 5.60. The maximum Gasteiger partial charge on any atom is 0.0129 e. The SMILES string of the molecule is CC1CC(C(C)C)C(NCCNC2C(C(C)C)CC(C)CC2C(C)C)C(C(C)C)C1. The molecule has 0 aromatic heterocycles. The summed E-state index contributed by atoms with van der Waals surface area (Å²) in [7, 11) is 0. The van der Waals surface area contributed by atoms with Crippen molar-refractivity contribution < 1.29 is 0 Å². The molecule has 0 saturated heterocycles. The average molecular weight is 421 g/mol. The van der Waals surface area contributed by atoms with Crippen molar-refractivity contribution >= 4 is 0 Å². The second-order valence-corrected chi connectivity index (χ2v) is 12.7. The minimum absolute atomic E-state index is 0.691. The third kappa shape index (κ3) is 6.71. The van der Waals surface area contributed by atoms with Crippen LogP contribution in [0.25, 0.3) is 0 Å². The van der Waals surface area contributed by atoms with Gasteiger partial charge in [0.05, 0.1) is 0 Å². The van der Waals surface area contributed by atoms with Crippen molar-refractivity contribution in [2.45, 2.75) is 107 Å². The summed E-state index contributed by atoms with van der Waals surface area (Å²) in [5, 5.41) is 8.16. The van der Waals surface area contributed by atoms with Crippen LogP contribution in [0.1, 0.15) is 94.9 Å². The van der Waals surface area contributed by atoms with Crippen LogP contribution in [0.3, 0.4) is 0 Å². The molecular formula is C28H56N2. The first-order chi connectivity index (χ1) is 14.0. The van der Waals surface area contributed by atoms with Gasteiger partial charge >= 0.3 is 0 Å². The first kappa shape index (κ1) is 26.2. The first-order valence-corrected chi connectivity index (χ1v) is 13.5. The van der Waals surface area contributed by atoms with E-state index >= 15 is 0 Å². The largest absolute Gasteiger partial charge is 0.312 e. The Morgan fingerprint density at radius 3 is 0.933 bits per heavy atom. The molecule has 178 valence electrons. The molecule has 2 N–H and O–H groups in total. The van der Waals surface area contributed by atoms with Gasteiger partial charge in [0.15, 0.2) is 0 Å². The molecule has 0 aromatic carbocycles. The molecule has 0 bridgehead atoms. The predicted octanol–water partition coefficient (Wildman–Crippen LogP) is 6.85. The lowest BCUT2D eigenvalue weighted by molar-refractivity contribution is 0.0724. The highest BCUT2D eigenvalue weighted by Crippen LogP contribution is 2.41. The van der Waals surface area contributed by atoms with Crippen LogP contribution in [0.15, 0.2) is 0 Å². The van der Waals surface area contributed by atoms with Gasteiger partial charge in [-0.05, 0) is 84.9 Å². The highest BCUT2D eigenvalue weighted by Gasteiger charge is 2.40. The Kier molecular flexibility index (Phi) is 10.2. The minimum Gasteiger partial charge on any atom is -0.312 e. The molecule has 0 aliphatic heterocycles. The molecule has 0 amide bonds. The van der Waals surface area contributed by atoms with Gasteiger partial charge < -0.3 is 10.6 Å². The summed E-state index contributed by atoms with van der Waals surface area (Å²) in [5.74, 6) is 8.14. The van der Waals surface area contributed by atoms with Crippen LogP contribution in [0.2, 0.25) is 0 Å². The van der Waals surface area contributed by atoms with Crippen LogP contribution in [0.5, 0.6) is 0 Å². The normalized spacial score (nSPS) is 38.2. The van der Waals surface area contributed by atoms with Crippen LogP contribution < -0.4 is 10.6 Å². The zero-order valence-electron chi connectivity index (χ0n) is 22.2. The maximum atomic E-state index is 4.08. The van der Waals surface area contributed by atoms with Gasteiger partial charge in [-0.25, -0.2) is 0 Å². The van der Waals surface area contributed by atoms with E-state index in [0.717, 1.165) is 72.3 Å². The first-order valence-electron chi connectivity index (χ1n) is 13.5. The van der Waals surface area contributed by atoms with Crippen LogP contribution in [-0.2, 0) is 0 Å². The van der Waals surface area contributed by atoms with E-state index in [1.807, 2.05) is 0 Å². The third-order valence-electron chi connectivity index (χ3n) is 8.85. The minimum atomic E-state index is 0.691. The van der Waals surface area contributed by atoms with Crippen LogP contribution >= 0.6 is 0 Å². The molecule has 2 rings (SSSR count). The number of hydrogen-bond acceptors (Lipinski definition) is 2. The molecule has 0 aromatic rings. The molecule has 0 spiro atoms. The van der Waals surface area contributed by atoms with Gasteiger partial charge in [0.1, 0.15) is 0 Å². The lowest BCUT2D eigenvalue weighted by Crippen LogP contribution is -2.54. The van der Waals surface area contributed by atoms with Crippen molar-refractivity contribution in [2.75, 3.05) is 13.1 Å². The van der Waals surface area contributed by atoms with Crippen molar-refractivity contribution in [3.8, 4) is 0 Å². The topological polar surface area (TPSA) is 24.1 Å². The zero-order chi connectivity index (χ0) is 22.6. The van der Waals surface area contributed by atoms with Gasteiger partial charge in [-0.1, -0.05) is 69.2 Å². The van der Waals surface area contributed by atoms with Crippen molar-refractivity contribution in [1.29, 1.82) is 0 Å². The van der Waals surface area contributed by atoms with Crippen molar-refractivity contribution in [3.05, 3.63) is 0 Å². The molecule has 4 unspecified atom stereocenters. The summed E-state index contributed by atoms with van der Waals surface area (Å²) in [6.45, 7) is 26.7. The second kappa shape index (κ2) is 11.7. The highest BCUT2D eigenvalue weighted by molar-refractivity contribution is 4.94. The van der Waals surface area contributed by atoms with Crippen molar-refractivity contribution in [2.24, 2.45) is 59.2 Å². The fourth-order valence-corrected chi connectivity index (χ4v) is 7.10. The number of rotatable bonds is 9. The van der Waals surface area contributed by atoms with Gasteiger partial charge in [-0.3, -0.25) is 0 Å². The molecule has 2 fully saturated rings. The lowest BCUT2D eigenvalue weighted by Gasteiger charge is -2.46. The Morgan fingerprint density at radius 2 is 0.733 bits per heavy atom. The van der Waals surface area contributed by atoms with E-state index in [1.165, 1.54) is 25.7 Å². The standard InChI is InChI=1S/C28H56N2/c1-17(2)23-13-21(9)14-24(18(3)4)27(23)29-11-12-30-28-25(19(5)6)15-22(10)16-26(28)20(7)8/h17-30H,11-16H2,1-10H3. The van der Waals surface area contributed by atoms with Gasteiger partial charge in [0, 0.05) is 25.2 Å².